The number of amides is 1. The highest BCUT2D eigenvalue weighted by molar-refractivity contribution is 5.92. The summed E-state index contributed by atoms with van der Waals surface area (Å²) in [6, 6.07) is 5.41. The molecule has 2 aliphatic carbocycles. The maximum Gasteiger partial charge on any atom is 0.270 e. The maximum absolute atomic E-state index is 13.1. The first-order valence-electron chi connectivity index (χ1n) is 9.42. The summed E-state index contributed by atoms with van der Waals surface area (Å²) in [5.74, 6) is 0.809. The molecule has 1 aromatic heterocycles. The van der Waals surface area contributed by atoms with Crippen molar-refractivity contribution in [3.8, 4) is 0 Å². The van der Waals surface area contributed by atoms with E-state index in [4.69, 9.17) is 0 Å². The predicted molar refractivity (Wildman–Crippen MR) is 91.6 cm³/mol. The molecule has 1 atom stereocenters. The van der Waals surface area contributed by atoms with Crippen LogP contribution in [0.5, 0.6) is 0 Å². The van der Waals surface area contributed by atoms with Crippen molar-refractivity contribution in [3.63, 3.8) is 0 Å². The number of rotatable bonds is 3. The first-order chi connectivity index (χ1) is 11.2. The lowest BCUT2D eigenvalue weighted by molar-refractivity contribution is 0.0735. The van der Waals surface area contributed by atoms with Gasteiger partial charge in [-0.05, 0) is 43.7 Å². The standard InChI is InChI=1S/C19H29N3O/c1-15-13-20(16-8-9-16)11-12-21(14-15)19(23)18-7-4-10-22(18)17-5-2-3-6-17/h4,7,10,15-17H,2-3,5-6,8-9,11-14H2,1H3. The molecule has 1 unspecified atom stereocenters. The molecule has 4 rings (SSSR count). The molecular weight excluding hydrogens is 286 g/mol. The average Bonchev–Trinajstić information content (AvgIpc) is 3.08. The molecular formula is C19H29N3O. The molecule has 0 bridgehead atoms. The summed E-state index contributed by atoms with van der Waals surface area (Å²) in [5, 5.41) is 0. The highest BCUT2D eigenvalue weighted by Gasteiger charge is 2.33. The lowest BCUT2D eigenvalue weighted by Crippen LogP contribution is -2.37. The van der Waals surface area contributed by atoms with Crippen molar-refractivity contribution in [1.82, 2.24) is 14.4 Å². The van der Waals surface area contributed by atoms with Gasteiger partial charge in [0.15, 0.2) is 0 Å². The molecule has 2 saturated carbocycles. The average molecular weight is 315 g/mol. The van der Waals surface area contributed by atoms with Gasteiger partial charge in [0.05, 0.1) is 0 Å². The third-order valence-electron chi connectivity index (χ3n) is 5.80. The SMILES string of the molecule is CC1CN(C(=O)c2cccn2C2CCCC2)CCN(C2CC2)C1. The van der Waals surface area contributed by atoms with Crippen molar-refractivity contribution in [2.24, 2.45) is 5.92 Å². The van der Waals surface area contributed by atoms with Crippen LogP contribution in [0.2, 0.25) is 0 Å². The highest BCUT2D eigenvalue weighted by Crippen LogP contribution is 2.32. The molecule has 0 N–H and O–H groups in total. The van der Waals surface area contributed by atoms with E-state index in [0.29, 0.717) is 12.0 Å². The van der Waals surface area contributed by atoms with Crippen LogP contribution in [0.15, 0.2) is 18.3 Å². The second kappa shape index (κ2) is 6.31. The van der Waals surface area contributed by atoms with Gasteiger partial charge in [0.25, 0.3) is 5.91 Å². The number of nitrogens with zero attached hydrogens (tertiary/aromatic N) is 3. The lowest BCUT2D eigenvalue weighted by atomic mass is 10.1. The van der Waals surface area contributed by atoms with Crippen molar-refractivity contribution >= 4 is 5.91 Å². The minimum absolute atomic E-state index is 0.242. The van der Waals surface area contributed by atoms with Gasteiger partial charge in [-0.2, -0.15) is 0 Å². The van der Waals surface area contributed by atoms with Crippen LogP contribution in [-0.4, -0.2) is 52.5 Å². The van der Waals surface area contributed by atoms with E-state index in [9.17, 15) is 4.79 Å². The first kappa shape index (κ1) is 15.3. The summed E-state index contributed by atoms with van der Waals surface area (Å²) in [6.07, 6.45) is 9.86. The van der Waals surface area contributed by atoms with E-state index in [1.54, 1.807) is 0 Å². The van der Waals surface area contributed by atoms with E-state index >= 15 is 0 Å². The molecule has 0 radical (unpaired) electrons. The number of carbonyl (C=O) groups excluding carboxylic acids is 1. The highest BCUT2D eigenvalue weighted by atomic mass is 16.2. The summed E-state index contributed by atoms with van der Waals surface area (Å²) in [5.41, 5.74) is 0.906. The predicted octanol–water partition coefficient (Wildman–Crippen LogP) is 3.16. The van der Waals surface area contributed by atoms with E-state index in [1.807, 2.05) is 12.1 Å². The Kier molecular flexibility index (Phi) is 4.18. The van der Waals surface area contributed by atoms with E-state index in [1.165, 1.54) is 38.5 Å². The normalized spacial score (nSPS) is 27.3. The quantitative estimate of drug-likeness (QED) is 0.857. The smallest absolute Gasteiger partial charge is 0.270 e. The van der Waals surface area contributed by atoms with Crippen molar-refractivity contribution in [2.75, 3.05) is 26.2 Å². The van der Waals surface area contributed by atoms with Crippen LogP contribution in [0.1, 0.15) is 62.0 Å². The van der Waals surface area contributed by atoms with Crippen molar-refractivity contribution in [3.05, 3.63) is 24.0 Å². The van der Waals surface area contributed by atoms with Gasteiger partial charge < -0.3 is 9.47 Å². The molecule has 4 nitrogen and oxygen atoms in total. The molecule has 1 amide bonds. The Morgan fingerprint density at radius 3 is 2.57 bits per heavy atom. The van der Waals surface area contributed by atoms with E-state index in [-0.39, 0.29) is 5.91 Å². The second-order valence-electron chi connectivity index (χ2n) is 7.82. The van der Waals surface area contributed by atoms with Gasteiger partial charge in [-0.25, -0.2) is 0 Å². The van der Waals surface area contributed by atoms with Crippen LogP contribution in [0.4, 0.5) is 0 Å². The van der Waals surface area contributed by atoms with Crippen molar-refractivity contribution < 1.29 is 4.79 Å². The largest absolute Gasteiger partial charge is 0.340 e. The van der Waals surface area contributed by atoms with Gasteiger partial charge in [0.2, 0.25) is 0 Å². The molecule has 1 aliphatic heterocycles. The summed E-state index contributed by atoms with van der Waals surface area (Å²) in [4.78, 5) is 17.8. The van der Waals surface area contributed by atoms with Gasteiger partial charge in [-0.15, -0.1) is 0 Å². The number of hydrogen-bond acceptors (Lipinski definition) is 2. The number of carbonyl (C=O) groups is 1. The zero-order valence-electron chi connectivity index (χ0n) is 14.3. The Morgan fingerprint density at radius 2 is 1.83 bits per heavy atom. The van der Waals surface area contributed by atoms with E-state index in [2.05, 4.69) is 27.5 Å². The summed E-state index contributed by atoms with van der Waals surface area (Å²) in [6.45, 7) is 6.27. The lowest BCUT2D eigenvalue weighted by Gasteiger charge is -2.24. The van der Waals surface area contributed by atoms with Crippen LogP contribution in [0.25, 0.3) is 0 Å². The van der Waals surface area contributed by atoms with Crippen LogP contribution >= 0.6 is 0 Å². The van der Waals surface area contributed by atoms with Gasteiger partial charge in [-0.3, -0.25) is 9.69 Å². The molecule has 126 valence electrons. The maximum atomic E-state index is 13.1. The third kappa shape index (κ3) is 3.18. The Bertz CT molecular complexity index is 557. The fraction of sp³-hybridized carbons (Fsp3) is 0.737. The Morgan fingerprint density at radius 1 is 1.04 bits per heavy atom. The third-order valence-corrected chi connectivity index (χ3v) is 5.80. The topological polar surface area (TPSA) is 28.5 Å². The molecule has 0 spiro atoms. The number of hydrogen-bond donors (Lipinski definition) is 0. The molecule has 1 aromatic rings. The molecule has 3 fully saturated rings. The fourth-order valence-corrected chi connectivity index (χ4v) is 4.46. The van der Waals surface area contributed by atoms with Crippen LogP contribution < -0.4 is 0 Å². The monoisotopic (exact) mass is 315 g/mol. The van der Waals surface area contributed by atoms with E-state index in [0.717, 1.165) is 37.9 Å². The van der Waals surface area contributed by atoms with Gasteiger partial charge in [0.1, 0.15) is 5.69 Å². The van der Waals surface area contributed by atoms with Gasteiger partial charge in [0, 0.05) is 44.5 Å². The summed E-state index contributed by atoms with van der Waals surface area (Å²) >= 11 is 0. The zero-order chi connectivity index (χ0) is 15.8. The summed E-state index contributed by atoms with van der Waals surface area (Å²) in [7, 11) is 0. The van der Waals surface area contributed by atoms with Crippen molar-refractivity contribution in [2.45, 2.75) is 57.5 Å². The molecule has 1 saturated heterocycles. The van der Waals surface area contributed by atoms with Gasteiger partial charge >= 0.3 is 0 Å². The minimum atomic E-state index is 0.242. The fourth-order valence-electron chi connectivity index (χ4n) is 4.46. The second-order valence-corrected chi connectivity index (χ2v) is 7.82. The van der Waals surface area contributed by atoms with Crippen LogP contribution in [0.3, 0.4) is 0 Å². The van der Waals surface area contributed by atoms with Gasteiger partial charge in [-0.1, -0.05) is 19.8 Å². The molecule has 23 heavy (non-hydrogen) atoms. The number of aromatic nitrogens is 1. The molecule has 0 aromatic carbocycles. The Labute approximate surface area is 139 Å². The van der Waals surface area contributed by atoms with Crippen LogP contribution in [0, 0.1) is 5.92 Å². The Hall–Kier alpha value is -1.29. The molecule has 3 aliphatic rings. The van der Waals surface area contributed by atoms with Crippen molar-refractivity contribution in [1.29, 1.82) is 0 Å². The summed E-state index contributed by atoms with van der Waals surface area (Å²) < 4.78 is 2.25. The molecule has 4 heteroatoms. The Balaban J connectivity index is 1.49. The van der Waals surface area contributed by atoms with E-state index < -0.39 is 0 Å². The first-order valence-corrected chi connectivity index (χ1v) is 9.42. The minimum Gasteiger partial charge on any atom is -0.340 e. The van der Waals surface area contributed by atoms with Crippen LogP contribution in [-0.2, 0) is 0 Å². The molecule has 2 heterocycles. The zero-order valence-corrected chi connectivity index (χ0v) is 14.3.